The van der Waals surface area contributed by atoms with Gasteiger partial charge in [0.05, 0.1) is 16.2 Å². The summed E-state index contributed by atoms with van der Waals surface area (Å²) in [5.74, 6) is 0.790. The molecule has 0 spiro atoms. The Bertz CT molecular complexity index is 1040. The number of rotatable bonds is 5. The SMILES string of the molecule is Cc1cc(NC(=O)C(C)Sc2nc3ccccc3c(=O)n2C2CC2)no1. The molecule has 0 aliphatic heterocycles. The van der Waals surface area contributed by atoms with E-state index in [0.29, 0.717) is 27.6 Å². The maximum atomic E-state index is 12.9. The van der Waals surface area contributed by atoms with E-state index in [1.54, 1.807) is 30.5 Å². The summed E-state index contributed by atoms with van der Waals surface area (Å²) in [6.07, 6.45) is 1.93. The second-order valence-corrected chi connectivity index (χ2v) is 7.70. The zero-order valence-electron chi connectivity index (χ0n) is 14.4. The van der Waals surface area contributed by atoms with Gasteiger partial charge in [0.1, 0.15) is 5.76 Å². The monoisotopic (exact) mass is 370 g/mol. The number of aromatic nitrogens is 3. The molecule has 134 valence electrons. The number of fused-ring (bicyclic) bond motifs is 1. The van der Waals surface area contributed by atoms with Gasteiger partial charge in [-0.1, -0.05) is 29.1 Å². The second kappa shape index (κ2) is 6.60. The molecule has 0 bridgehead atoms. The van der Waals surface area contributed by atoms with Crippen LogP contribution in [0.15, 0.2) is 44.8 Å². The van der Waals surface area contributed by atoms with E-state index in [1.165, 1.54) is 11.8 Å². The Hall–Kier alpha value is -2.61. The summed E-state index contributed by atoms with van der Waals surface area (Å²) in [5.41, 5.74) is 0.608. The summed E-state index contributed by atoms with van der Waals surface area (Å²) < 4.78 is 6.69. The molecular formula is C18H18N4O3S. The second-order valence-electron chi connectivity index (χ2n) is 6.39. The van der Waals surface area contributed by atoms with Crippen LogP contribution in [0.25, 0.3) is 10.9 Å². The fraction of sp³-hybridized carbons (Fsp3) is 0.333. The molecule has 2 heterocycles. The van der Waals surface area contributed by atoms with Crippen LogP contribution in [-0.4, -0.2) is 25.9 Å². The van der Waals surface area contributed by atoms with Gasteiger partial charge < -0.3 is 9.84 Å². The number of anilines is 1. The van der Waals surface area contributed by atoms with Gasteiger partial charge in [-0.25, -0.2) is 4.98 Å². The number of carbonyl (C=O) groups excluding carboxylic acids is 1. The van der Waals surface area contributed by atoms with E-state index in [4.69, 9.17) is 4.52 Å². The van der Waals surface area contributed by atoms with Crippen molar-refractivity contribution in [2.75, 3.05) is 5.32 Å². The highest BCUT2D eigenvalue weighted by atomic mass is 32.2. The summed E-state index contributed by atoms with van der Waals surface area (Å²) in [6, 6.07) is 9.14. The first-order valence-corrected chi connectivity index (χ1v) is 9.33. The van der Waals surface area contributed by atoms with Crippen molar-refractivity contribution in [1.29, 1.82) is 0 Å². The lowest BCUT2D eigenvalue weighted by Crippen LogP contribution is -2.26. The molecule has 4 rings (SSSR count). The number of hydrogen-bond acceptors (Lipinski definition) is 6. The molecule has 1 saturated carbocycles. The fourth-order valence-corrected chi connectivity index (χ4v) is 3.71. The Labute approximate surface area is 153 Å². The minimum Gasteiger partial charge on any atom is -0.360 e. The number of amides is 1. The number of benzene rings is 1. The molecule has 1 atom stereocenters. The third-order valence-electron chi connectivity index (χ3n) is 4.22. The number of hydrogen-bond donors (Lipinski definition) is 1. The molecule has 8 heteroatoms. The van der Waals surface area contributed by atoms with Gasteiger partial charge in [0.15, 0.2) is 11.0 Å². The maximum absolute atomic E-state index is 12.9. The van der Waals surface area contributed by atoms with Gasteiger partial charge in [-0.15, -0.1) is 0 Å². The standard InChI is InChI=1S/C18H18N4O3S/c1-10-9-15(21-25-10)20-16(23)11(2)26-18-19-14-6-4-3-5-13(14)17(24)22(18)12-7-8-12/h3-6,9,11-12H,7-8H2,1-2H3,(H,20,21,23). The Balaban J connectivity index is 1.62. The van der Waals surface area contributed by atoms with Crippen molar-refractivity contribution < 1.29 is 9.32 Å². The van der Waals surface area contributed by atoms with Gasteiger partial charge in [-0.05, 0) is 38.8 Å². The van der Waals surface area contributed by atoms with Crippen molar-refractivity contribution in [2.45, 2.75) is 43.1 Å². The molecule has 7 nitrogen and oxygen atoms in total. The van der Waals surface area contributed by atoms with Crippen molar-refractivity contribution in [2.24, 2.45) is 0 Å². The first kappa shape index (κ1) is 16.8. The van der Waals surface area contributed by atoms with Gasteiger partial charge in [-0.3, -0.25) is 14.2 Å². The van der Waals surface area contributed by atoms with Crippen molar-refractivity contribution in [3.05, 3.63) is 46.4 Å². The van der Waals surface area contributed by atoms with Crippen LogP contribution in [0.1, 0.15) is 31.6 Å². The van der Waals surface area contributed by atoms with Crippen molar-refractivity contribution in [3.63, 3.8) is 0 Å². The van der Waals surface area contributed by atoms with E-state index >= 15 is 0 Å². The van der Waals surface area contributed by atoms with Crippen LogP contribution in [-0.2, 0) is 4.79 Å². The molecule has 3 aromatic rings. The zero-order valence-corrected chi connectivity index (χ0v) is 15.2. The largest absolute Gasteiger partial charge is 0.360 e. The molecule has 1 N–H and O–H groups in total. The normalized spacial score (nSPS) is 15.2. The van der Waals surface area contributed by atoms with Crippen LogP contribution < -0.4 is 10.9 Å². The maximum Gasteiger partial charge on any atom is 0.262 e. The summed E-state index contributed by atoms with van der Waals surface area (Å²) in [4.78, 5) is 29.9. The number of carbonyl (C=O) groups is 1. The third kappa shape index (κ3) is 3.24. The lowest BCUT2D eigenvalue weighted by atomic mass is 10.2. The minimum atomic E-state index is -0.440. The molecule has 1 unspecified atom stereocenters. The lowest BCUT2D eigenvalue weighted by molar-refractivity contribution is -0.115. The molecule has 1 aliphatic rings. The molecule has 1 amide bonds. The summed E-state index contributed by atoms with van der Waals surface area (Å²) in [7, 11) is 0. The Morgan fingerprint density at radius 3 is 2.85 bits per heavy atom. The molecule has 26 heavy (non-hydrogen) atoms. The van der Waals surface area contributed by atoms with Crippen LogP contribution >= 0.6 is 11.8 Å². The summed E-state index contributed by atoms with van der Waals surface area (Å²) in [6.45, 7) is 3.54. The average molecular weight is 370 g/mol. The van der Waals surface area contributed by atoms with Crippen LogP contribution in [0.5, 0.6) is 0 Å². The van der Waals surface area contributed by atoms with E-state index in [1.807, 2.05) is 18.2 Å². The fourth-order valence-electron chi connectivity index (χ4n) is 2.73. The van der Waals surface area contributed by atoms with E-state index in [0.717, 1.165) is 12.8 Å². The molecule has 1 fully saturated rings. The molecule has 1 aromatic carbocycles. The average Bonchev–Trinajstić information content (AvgIpc) is 3.37. The van der Waals surface area contributed by atoms with Crippen LogP contribution in [0.3, 0.4) is 0 Å². The Kier molecular flexibility index (Phi) is 4.28. The summed E-state index contributed by atoms with van der Waals surface area (Å²) in [5, 5.41) is 7.24. The summed E-state index contributed by atoms with van der Waals surface area (Å²) >= 11 is 1.28. The predicted molar refractivity (Wildman–Crippen MR) is 99.5 cm³/mol. The third-order valence-corrected chi connectivity index (χ3v) is 5.28. The van der Waals surface area contributed by atoms with E-state index in [2.05, 4.69) is 15.5 Å². The van der Waals surface area contributed by atoms with Crippen molar-refractivity contribution in [1.82, 2.24) is 14.7 Å². The highest BCUT2D eigenvalue weighted by molar-refractivity contribution is 8.00. The van der Waals surface area contributed by atoms with Gasteiger partial charge in [0, 0.05) is 12.1 Å². The smallest absolute Gasteiger partial charge is 0.262 e. The molecule has 2 aromatic heterocycles. The number of para-hydroxylation sites is 1. The van der Waals surface area contributed by atoms with Gasteiger partial charge in [0.2, 0.25) is 5.91 Å². The number of thioether (sulfide) groups is 1. The quantitative estimate of drug-likeness (QED) is 0.548. The number of aryl methyl sites for hydroxylation is 1. The van der Waals surface area contributed by atoms with E-state index in [9.17, 15) is 9.59 Å². The van der Waals surface area contributed by atoms with Crippen LogP contribution in [0, 0.1) is 6.92 Å². The number of nitrogens with zero attached hydrogens (tertiary/aromatic N) is 3. The molecular weight excluding hydrogens is 352 g/mol. The van der Waals surface area contributed by atoms with Gasteiger partial charge in [-0.2, -0.15) is 0 Å². The highest BCUT2D eigenvalue weighted by Crippen LogP contribution is 2.37. The number of nitrogens with one attached hydrogen (secondary N) is 1. The van der Waals surface area contributed by atoms with Gasteiger partial charge >= 0.3 is 0 Å². The van der Waals surface area contributed by atoms with E-state index < -0.39 is 5.25 Å². The first-order chi connectivity index (χ1) is 12.5. The minimum absolute atomic E-state index is 0.0414. The lowest BCUT2D eigenvalue weighted by Gasteiger charge is -2.15. The van der Waals surface area contributed by atoms with Gasteiger partial charge in [0.25, 0.3) is 5.56 Å². The van der Waals surface area contributed by atoms with Crippen molar-refractivity contribution >= 4 is 34.4 Å². The van der Waals surface area contributed by atoms with Crippen molar-refractivity contribution in [3.8, 4) is 0 Å². The Morgan fingerprint density at radius 1 is 1.38 bits per heavy atom. The topological polar surface area (TPSA) is 90.0 Å². The molecule has 0 saturated heterocycles. The van der Waals surface area contributed by atoms with E-state index in [-0.39, 0.29) is 17.5 Å². The molecule has 0 radical (unpaired) electrons. The molecule has 1 aliphatic carbocycles. The van der Waals surface area contributed by atoms with Crippen LogP contribution in [0.4, 0.5) is 5.82 Å². The highest BCUT2D eigenvalue weighted by Gasteiger charge is 2.30. The Morgan fingerprint density at radius 2 is 2.15 bits per heavy atom. The first-order valence-electron chi connectivity index (χ1n) is 8.45. The van der Waals surface area contributed by atoms with Crippen LogP contribution in [0.2, 0.25) is 0 Å². The zero-order chi connectivity index (χ0) is 18.3. The predicted octanol–water partition coefficient (Wildman–Crippen LogP) is 3.15.